The Kier molecular flexibility index (Phi) is 6.44. The summed E-state index contributed by atoms with van der Waals surface area (Å²) < 4.78 is 5.56. The smallest absolute Gasteiger partial charge is 0.407 e. The van der Waals surface area contributed by atoms with Crippen molar-refractivity contribution in [3.63, 3.8) is 0 Å². The Morgan fingerprint density at radius 1 is 1.06 bits per heavy atom. The molecule has 0 radical (unpaired) electrons. The molecule has 0 saturated heterocycles. The van der Waals surface area contributed by atoms with Gasteiger partial charge in [-0.2, -0.15) is 0 Å². The van der Waals surface area contributed by atoms with E-state index >= 15 is 0 Å². The maximum atomic E-state index is 12.4. The maximum Gasteiger partial charge on any atom is 0.407 e. The maximum absolute atomic E-state index is 12.4. The van der Waals surface area contributed by atoms with E-state index < -0.39 is 12.1 Å². The van der Waals surface area contributed by atoms with E-state index in [1.54, 1.807) is 0 Å². The summed E-state index contributed by atoms with van der Waals surface area (Å²) in [7, 11) is 0. The molecule has 0 aliphatic heterocycles. The molecule has 2 aromatic carbocycles. The van der Waals surface area contributed by atoms with E-state index in [0.717, 1.165) is 11.1 Å². The van der Waals surface area contributed by atoms with Gasteiger partial charge < -0.3 is 20.5 Å². The summed E-state index contributed by atoms with van der Waals surface area (Å²) in [6, 6.07) is 15.9. The second-order valence-electron chi connectivity index (χ2n) is 8.52. The van der Waals surface area contributed by atoms with Crippen molar-refractivity contribution < 1.29 is 24.2 Å². The second kappa shape index (κ2) is 9.42. The monoisotopic (exact) mass is 436 g/mol. The fourth-order valence-corrected chi connectivity index (χ4v) is 4.42. The van der Waals surface area contributed by atoms with E-state index in [9.17, 15) is 14.4 Å². The van der Waals surface area contributed by atoms with Gasteiger partial charge in [0.15, 0.2) is 0 Å². The fraction of sp³-hybridized carbons (Fsp3) is 0.400. The third-order valence-electron chi connectivity index (χ3n) is 6.39. The molecule has 0 aromatic heterocycles. The lowest BCUT2D eigenvalue weighted by Crippen LogP contribution is -2.40. The molecule has 2 aliphatic rings. The van der Waals surface area contributed by atoms with E-state index in [1.807, 2.05) is 31.2 Å². The molecule has 1 fully saturated rings. The minimum Gasteiger partial charge on any atom is -0.481 e. The first-order valence-electron chi connectivity index (χ1n) is 11.1. The van der Waals surface area contributed by atoms with Crippen LogP contribution in [0.25, 0.3) is 11.1 Å². The SMILES string of the molecule is CC[C@H](CC(=O)NCC1CC1C(=O)O)NC(=O)OCC1c2ccccc2-c2ccccc21. The highest BCUT2D eigenvalue weighted by Gasteiger charge is 2.43. The number of carbonyl (C=O) groups excluding carboxylic acids is 2. The second-order valence-corrected chi connectivity index (χ2v) is 8.52. The van der Waals surface area contributed by atoms with Gasteiger partial charge in [0, 0.05) is 24.9 Å². The summed E-state index contributed by atoms with van der Waals surface area (Å²) in [6.07, 6.45) is 0.772. The lowest BCUT2D eigenvalue weighted by atomic mass is 9.98. The summed E-state index contributed by atoms with van der Waals surface area (Å²) in [4.78, 5) is 35.5. The minimum absolute atomic E-state index is 0.00613. The highest BCUT2D eigenvalue weighted by molar-refractivity contribution is 5.80. The van der Waals surface area contributed by atoms with Crippen LogP contribution in [0.15, 0.2) is 48.5 Å². The first-order chi connectivity index (χ1) is 15.5. The zero-order valence-corrected chi connectivity index (χ0v) is 18.0. The van der Waals surface area contributed by atoms with Crippen LogP contribution in [0, 0.1) is 11.8 Å². The predicted octanol–water partition coefficient (Wildman–Crippen LogP) is 3.53. The number of hydrogen-bond donors (Lipinski definition) is 3. The Morgan fingerprint density at radius 2 is 1.69 bits per heavy atom. The van der Waals surface area contributed by atoms with Gasteiger partial charge in [-0.3, -0.25) is 9.59 Å². The molecular formula is C25H28N2O5. The standard InChI is InChI=1S/C25H28N2O5/c1-2-16(12-23(28)26-13-15-11-21(15)24(29)30)27-25(31)32-14-22-19-9-5-3-7-17(19)18-8-4-6-10-20(18)22/h3-10,15-16,21-22H,2,11-14H2,1H3,(H,26,28)(H,27,31)(H,29,30)/t15?,16-,21?/m1/s1. The topological polar surface area (TPSA) is 105 Å². The van der Waals surface area contributed by atoms with E-state index in [1.165, 1.54) is 11.1 Å². The van der Waals surface area contributed by atoms with E-state index in [-0.39, 0.29) is 42.7 Å². The molecule has 3 atom stereocenters. The van der Waals surface area contributed by atoms with Gasteiger partial charge in [-0.15, -0.1) is 0 Å². The lowest BCUT2D eigenvalue weighted by Gasteiger charge is -2.19. The third kappa shape index (κ3) is 4.77. The molecule has 0 spiro atoms. The molecule has 0 bridgehead atoms. The quantitative estimate of drug-likeness (QED) is 0.558. The molecule has 2 amide bonds. The average molecular weight is 437 g/mol. The van der Waals surface area contributed by atoms with Crippen molar-refractivity contribution in [1.29, 1.82) is 0 Å². The number of amides is 2. The summed E-state index contributed by atoms with van der Waals surface area (Å²) in [5, 5.41) is 14.5. The summed E-state index contributed by atoms with van der Waals surface area (Å²) in [5.41, 5.74) is 4.63. The van der Waals surface area contributed by atoms with Gasteiger partial charge in [0.05, 0.1) is 5.92 Å². The van der Waals surface area contributed by atoms with Gasteiger partial charge in [-0.1, -0.05) is 55.5 Å². The average Bonchev–Trinajstić information content (AvgIpc) is 3.51. The van der Waals surface area contributed by atoms with Crippen LogP contribution in [0.3, 0.4) is 0 Å². The van der Waals surface area contributed by atoms with Crippen molar-refractivity contribution in [3.8, 4) is 11.1 Å². The Labute approximate surface area is 187 Å². The molecule has 7 nitrogen and oxygen atoms in total. The lowest BCUT2D eigenvalue weighted by molar-refractivity contribution is -0.139. The number of benzene rings is 2. The largest absolute Gasteiger partial charge is 0.481 e. The molecule has 2 unspecified atom stereocenters. The van der Waals surface area contributed by atoms with Crippen molar-refractivity contribution >= 4 is 18.0 Å². The van der Waals surface area contributed by atoms with Crippen LogP contribution >= 0.6 is 0 Å². The van der Waals surface area contributed by atoms with Crippen LogP contribution in [0.4, 0.5) is 4.79 Å². The molecule has 32 heavy (non-hydrogen) atoms. The zero-order valence-electron chi connectivity index (χ0n) is 18.0. The number of alkyl carbamates (subject to hydrolysis) is 1. The van der Waals surface area contributed by atoms with E-state index in [0.29, 0.717) is 19.4 Å². The third-order valence-corrected chi connectivity index (χ3v) is 6.39. The molecule has 168 valence electrons. The first kappa shape index (κ1) is 21.9. The molecule has 2 aliphatic carbocycles. The number of hydrogen-bond acceptors (Lipinski definition) is 4. The molecule has 2 aromatic rings. The number of ether oxygens (including phenoxy) is 1. The van der Waals surface area contributed by atoms with Crippen molar-refractivity contribution in [1.82, 2.24) is 10.6 Å². The molecule has 7 heteroatoms. The van der Waals surface area contributed by atoms with Crippen molar-refractivity contribution in [2.24, 2.45) is 11.8 Å². The van der Waals surface area contributed by atoms with Crippen LogP contribution in [0.5, 0.6) is 0 Å². The van der Waals surface area contributed by atoms with Crippen LogP contribution < -0.4 is 10.6 Å². The Morgan fingerprint density at radius 3 is 2.25 bits per heavy atom. The molecular weight excluding hydrogens is 408 g/mol. The highest BCUT2D eigenvalue weighted by Crippen LogP contribution is 2.44. The van der Waals surface area contributed by atoms with Gasteiger partial charge in [0.25, 0.3) is 0 Å². The van der Waals surface area contributed by atoms with Gasteiger partial charge in [0.1, 0.15) is 6.61 Å². The summed E-state index contributed by atoms with van der Waals surface area (Å²) in [5.74, 6) is -1.38. The van der Waals surface area contributed by atoms with Crippen molar-refractivity contribution in [2.75, 3.05) is 13.2 Å². The predicted molar refractivity (Wildman–Crippen MR) is 119 cm³/mol. The van der Waals surface area contributed by atoms with Crippen LogP contribution in [-0.2, 0) is 14.3 Å². The molecule has 4 rings (SSSR count). The Hall–Kier alpha value is -3.35. The number of carboxylic acid groups (broad SMARTS) is 1. The van der Waals surface area contributed by atoms with Gasteiger partial charge in [-0.05, 0) is 41.0 Å². The fourth-order valence-electron chi connectivity index (χ4n) is 4.42. The minimum atomic E-state index is -0.812. The number of nitrogens with one attached hydrogen (secondary N) is 2. The first-order valence-corrected chi connectivity index (χ1v) is 11.1. The number of aliphatic carboxylic acids is 1. The zero-order chi connectivity index (χ0) is 22.7. The highest BCUT2D eigenvalue weighted by atomic mass is 16.5. The molecule has 1 saturated carbocycles. The van der Waals surface area contributed by atoms with Crippen LogP contribution in [0.2, 0.25) is 0 Å². The van der Waals surface area contributed by atoms with Crippen LogP contribution in [0.1, 0.15) is 43.2 Å². The van der Waals surface area contributed by atoms with Crippen molar-refractivity contribution in [3.05, 3.63) is 59.7 Å². The van der Waals surface area contributed by atoms with Crippen LogP contribution in [-0.4, -0.2) is 42.3 Å². The Bertz CT molecular complexity index is 975. The van der Waals surface area contributed by atoms with Crippen molar-refractivity contribution in [2.45, 2.75) is 38.1 Å². The number of carbonyl (C=O) groups is 3. The van der Waals surface area contributed by atoms with Gasteiger partial charge in [0.2, 0.25) is 5.91 Å². The number of carboxylic acids is 1. The molecule has 0 heterocycles. The number of rotatable bonds is 9. The number of fused-ring (bicyclic) bond motifs is 3. The summed E-state index contributed by atoms with van der Waals surface area (Å²) >= 11 is 0. The van der Waals surface area contributed by atoms with Gasteiger partial charge in [-0.25, -0.2) is 4.79 Å². The van der Waals surface area contributed by atoms with Gasteiger partial charge >= 0.3 is 12.1 Å². The Balaban J connectivity index is 1.27. The van der Waals surface area contributed by atoms with E-state index in [4.69, 9.17) is 9.84 Å². The van der Waals surface area contributed by atoms with E-state index in [2.05, 4.69) is 34.9 Å². The molecule has 3 N–H and O–H groups in total. The summed E-state index contributed by atoms with van der Waals surface area (Å²) in [6.45, 7) is 2.47. The normalized spacial score (nSPS) is 19.4.